The van der Waals surface area contributed by atoms with Crippen LogP contribution in [0, 0.1) is 12.8 Å². The highest BCUT2D eigenvalue weighted by atomic mass is 15.2. The minimum atomic E-state index is 0.271. The van der Waals surface area contributed by atoms with Gasteiger partial charge in [0.2, 0.25) is 0 Å². The molecule has 3 heteroatoms. The number of nitrogens with zero attached hydrogens (tertiary/aromatic N) is 1. The van der Waals surface area contributed by atoms with Gasteiger partial charge in [0.25, 0.3) is 0 Å². The van der Waals surface area contributed by atoms with Gasteiger partial charge in [-0.2, -0.15) is 0 Å². The summed E-state index contributed by atoms with van der Waals surface area (Å²) in [5, 5.41) is 0. The molecule has 16 heavy (non-hydrogen) atoms. The lowest BCUT2D eigenvalue weighted by molar-refractivity contribution is 0.273. The smallest absolute Gasteiger partial charge is 0.0503 e. The van der Waals surface area contributed by atoms with Gasteiger partial charge in [-0.3, -0.25) is 16.3 Å². The second kappa shape index (κ2) is 5.41. The standard InChI is InChI=1S/C13H21N3/c1-10-7-12(9-15-8-10)13(16-14)11-5-3-2-4-6-11/h7-9,11,13,16H,2-6,14H2,1H3. The highest BCUT2D eigenvalue weighted by Crippen LogP contribution is 2.33. The van der Waals surface area contributed by atoms with Crippen molar-refractivity contribution in [2.24, 2.45) is 11.8 Å². The van der Waals surface area contributed by atoms with Crippen molar-refractivity contribution in [3.8, 4) is 0 Å². The molecule has 0 amide bonds. The summed E-state index contributed by atoms with van der Waals surface area (Å²) < 4.78 is 0. The molecule has 1 atom stereocenters. The lowest BCUT2D eigenvalue weighted by Crippen LogP contribution is -2.34. The maximum Gasteiger partial charge on any atom is 0.0503 e. The van der Waals surface area contributed by atoms with Crippen molar-refractivity contribution >= 4 is 0 Å². The van der Waals surface area contributed by atoms with E-state index in [0.717, 1.165) is 0 Å². The number of aromatic nitrogens is 1. The lowest BCUT2D eigenvalue weighted by atomic mass is 9.81. The van der Waals surface area contributed by atoms with Crippen LogP contribution in [0.25, 0.3) is 0 Å². The van der Waals surface area contributed by atoms with Gasteiger partial charge in [0.15, 0.2) is 0 Å². The van der Waals surface area contributed by atoms with Crippen LogP contribution in [0.15, 0.2) is 18.5 Å². The predicted octanol–water partition coefficient (Wildman–Crippen LogP) is 2.47. The second-order valence-corrected chi connectivity index (χ2v) is 4.84. The Balaban J connectivity index is 2.14. The number of aryl methyl sites for hydroxylation is 1. The highest BCUT2D eigenvalue weighted by molar-refractivity contribution is 5.20. The average Bonchev–Trinajstić information content (AvgIpc) is 2.31. The van der Waals surface area contributed by atoms with E-state index in [0.29, 0.717) is 5.92 Å². The van der Waals surface area contributed by atoms with Crippen molar-refractivity contribution in [3.05, 3.63) is 29.6 Å². The topological polar surface area (TPSA) is 50.9 Å². The molecule has 0 saturated heterocycles. The van der Waals surface area contributed by atoms with Gasteiger partial charge in [-0.05, 0) is 36.8 Å². The quantitative estimate of drug-likeness (QED) is 0.606. The first-order valence-electron chi connectivity index (χ1n) is 6.19. The van der Waals surface area contributed by atoms with Crippen LogP contribution in [0.5, 0.6) is 0 Å². The monoisotopic (exact) mass is 219 g/mol. The molecule has 0 radical (unpaired) electrons. The molecule has 1 fully saturated rings. The number of nitrogens with one attached hydrogen (secondary N) is 1. The number of nitrogens with two attached hydrogens (primary N) is 1. The molecule has 0 aromatic carbocycles. The van der Waals surface area contributed by atoms with Crippen LogP contribution >= 0.6 is 0 Å². The van der Waals surface area contributed by atoms with Crippen molar-refractivity contribution in [2.75, 3.05) is 0 Å². The molecular weight excluding hydrogens is 198 g/mol. The van der Waals surface area contributed by atoms with E-state index in [1.54, 1.807) is 0 Å². The Bertz CT molecular complexity index is 332. The van der Waals surface area contributed by atoms with Gasteiger partial charge in [0, 0.05) is 12.4 Å². The summed E-state index contributed by atoms with van der Waals surface area (Å²) in [6, 6.07) is 2.46. The van der Waals surface area contributed by atoms with Crippen molar-refractivity contribution < 1.29 is 0 Å². The van der Waals surface area contributed by atoms with Gasteiger partial charge in [0.05, 0.1) is 6.04 Å². The number of hydrogen-bond donors (Lipinski definition) is 2. The van der Waals surface area contributed by atoms with Crippen molar-refractivity contribution in [2.45, 2.75) is 45.1 Å². The van der Waals surface area contributed by atoms with Crippen LogP contribution in [0.2, 0.25) is 0 Å². The Morgan fingerprint density at radius 1 is 1.31 bits per heavy atom. The summed E-state index contributed by atoms with van der Waals surface area (Å²) in [6.45, 7) is 2.07. The van der Waals surface area contributed by atoms with Crippen LogP contribution in [-0.2, 0) is 0 Å². The molecule has 88 valence electrons. The van der Waals surface area contributed by atoms with Crippen LogP contribution in [0.3, 0.4) is 0 Å². The molecule has 1 saturated carbocycles. The summed E-state index contributed by atoms with van der Waals surface area (Å²) >= 11 is 0. The summed E-state index contributed by atoms with van der Waals surface area (Å²) in [6.07, 6.45) is 10.4. The highest BCUT2D eigenvalue weighted by Gasteiger charge is 2.24. The molecular formula is C13H21N3. The molecule has 1 aromatic heterocycles. The molecule has 0 spiro atoms. The van der Waals surface area contributed by atoms with Gasteiger partial charge < -0.3 is 0 Å². The number of hydrazine groups is 1. The van der Waals surface area contributed by atoms with E-state index in [-0.39, 0.29) is 6.04 Å². The zero-order valence-electron chi connectivity index (χ0n) is 9.95. The van der Waals surface area contributed by atoms with E-state index in [9.17, 15) is 0 Å². The Hall–Kier alpha value is -0.930. The fourth-order valence-corrected chi connectivity index (χ4v) is 2.72. The predicted molar refractivity (Wildman–Crippen MR) is 65.6 cm³/mol. The Morgan fingerprint density at radius 2 is 2.06 bits per heavy atom. The number of rotatable bonds is 3. The van der Waals surface area contributed by atoms with Gasteiger partial charge in [-0.15, -0.1) is 0 Å². The van der Waals surface area contributed by atoms with Crippen molar-refractivity contribution in [1.82, 2.24) is 10.4 Å². The maximum atomic E-state index is 5.71. The minimum absolute atomic E-state index is 0.271. The SMILES string of the molecule is Cc1cncc(C(NN)C2CCCCC2)c1. The molecule has 0 bridgehead atoms. The summed E-state index contributed by atoms with van der Waals surface area (Å²) in [5.74, 6) is 6.38. The van der Waals surface area contributed by atoms with Crippen LogP contribution < -0.4 is 11.3 Å². The van der Waals surface area contributed by atoms with Crippen LogP contribution in [0.4, 0.5) is 0 Å². The number of pyridine rings is 1. The zero-order valence-corrected chi connectivity index (χ0v) is 9.95. The van der Waals surface area contributed by atoms with Crippen LogP contribution in [0.1, 0.15) is 49.3 Å². The van der Waals surface area contributed by atoms with E-state index in [1.807, 2.05) is 12.4 Å². The van der Waals surface area contributed by atoms with E-state index >= 15 is 0 Å². The molecule has 1 aliphatic carbocycles. The molecule has 1 unspecified atom stereocenters. The Morgan fingerprint density at radius 3 is 2.69 bits per heavy atom. The van der Waals surface area contributed by atoms with Gasteiger partial charge in [-0.25, -0.2) is 0 Å². The molecule has 1 aromatic rings. The van der Waals surface area contributed by atoms with E-state index < -0.39 is 0 Å². The Labute approximate surface area is 97.4 Å². The zero-order chi connectivity index (χ0) is 11.4. The second-order valence-electron chi connectivity index (χ2n) is 4.84. The first kappa shape index (κ1) is 11.6. The fourth-order valence-electron chi connectivity index (χ4n) is 2.72. The van der Waals surface area contributed by atoms with Crippen molar-refractivity contribution in [1.29, 1.82) is 0 Å². The average molecular weight is 219 g/mol. The minimum Gasteiger partial charge on any atom is -0.271 e. The van der Waals surface area contributed by atoms with Gasteiger partial charge in [-0.1, -0.05) is 25.3 Å². The fraction of sp³-hybridized carbons (Fsp3) is 0.615. The molecule has 1 heterocycles. The summed E-state index contributed by atoms with van der Waals surface area (Å²) in [5.41, 5.74) is 5.41. The van der Waals surface area contributed by atoms with Crippen LogP contribution in [-0.4, -0.2) is 4.98 Å². The first-order valence-corrected chi connectivity index (χ1v) is 6.19. The lowest BCUT2D eigenvalue weighted by Gasteiger charge is -2.30. The van der Waals surface area contributed by atoms with E-state index in [2.05, 4.69) is 23.4 Å². The summed E-state index contributed by atoms with van der Waals surface area (Å²) in [7, 11) is 0. The molecule has 3 N–H and O–H groups in total. The number of hydrogen-bond acceptors (Lipinski definition) is 3. The van der Waals surface area contributed by atoms with E-state index in [4.69, 9.17) is 5.84 Å². The molecule has 2 rings (SSSR count). The maximum absolute atomic E-state index is 5.71. The van der Waals surface area contributed by atoms with Gasteiger partial charge >= 0.3 is 0 Å². The third kappa shape index (κ3) is 2.60. The third-order valence-electron chi connectivity index (χ3n) is 3.56. The molecule has 3 nitrogen and oxygen atoms in total. The summed E-state index contributed by atoms with van der Waals surface area (Å²) in [4.78, 5) is 4.25. The third-order valence-corrected chi connectivity index (χ3v) is 3.56. The first-order chi connectivity index (χ1) is 7.81. The Kier molecular flexibility index (Phi) is 3.91. The molecule has 0 aliphatic heterocycles. The molecule has 1 aliphatic rings. The normalized spacial score (nSPS) is 19.6. The van der Waals surface area contributed by atoms with Gasteiger partial charge in [0.1, 0.15) is 0 Å². The van der Waals surface area contributed by atoms with E-state index in [1.165, 1.54) is 43.2 Å². The van der Waals surface area contributed by atoms with Crippen molar-refractivity contribution in [3.63, 3.8) is 0 Å². The largest absolute Gasteiger partial charge is 0.271 e.